The Balaban J connectivity index is 1.38. The molecule has 4 rings (SSSR count). The maximum atomic E-state index is 13.4. The van der Waals surface area contributed by atoms with Gasteiger partial charge in [0.05, 0.1) is 19.9 Å². The van der Waals surface area contributed by atoms with Crippen molar-refractivity contribution >= 4 is 17.6 Å². The molecule has 0 N–H and O–H groups in total. The summed E-state index contributed by atoms with van der Waals surface area (Å²) in [5.74, 6) is 2.32. The Morgan fingerprint density at radius 3 is 2.35 bits per heavy atom. The number of hydrogen-bond donors (Lipinski definition) is 0. The molecule has 1 fully saturated rings. The summed E-state index contributed by atoms with van der Waals surface area (Å²) in [4.78, 5) is 32.4. The first kappa shape index (κ1) is 28.9. The molecule has 0 aliphatic carbocycles. The Kier molecular flexibility index (Phi) is 9.58. The van der Waals surface area contributed by atoms with Gasteiger partial charge in [-0.2, -0.15) is 0 Å². The number of benzene rings is 2. The SMILES string of the molecule is CCC(C)CN(CC(=O)N1CCN(c2ccc(-c3ccc(OC)cc3OC)nn2)CC1)C(=O)c1ccccc1C. The summed E-state index contributed by atoms with van der Waals surface area (Å²) in [5.41, 5.74) is 3.11. The smallest absolute Gasteiger partial charge is 0.254 e. The Bertz CT molecular complexity index is 1310. The molecule has 0 saturated carbocycles. The summed E-state index contributed by atoms with van der Waals surface area (Å²) < 4.78 is 10.8. The zero-order chi connectivity index (χ0) is 28.6. The molecule has 0 spiro atoms. The van der Waals surface area contributed by atoms with E-state index in [1.54, 1.807) is 19.1 Å². The van der Waals surface area contributed by atoms with Crippen molar-refractivity contribution in [3.63, 3.8) is 0 Å². The summed E-state index contributed by atoms with van der Waals surface area (Å²) in [5, 5.41) is 8.89. The van der Waals surface area contributed by atoms with Crippen LogP contribution in [0.1, 0.15) is 36.2 Å². The highest BCUT2D eigenvalue weighted by molar-refractivity contribution is 5.97. The van der Waals surface area contributed by atoms with E-state index in [2.05, 4.69) is 28.9 Å². The molecule has 1 unspecified atom stereocenters. The van der Waals surface area contributed by atoms with Crippen LogP contribution < -0.4 is 14.4 Å². The first-order valence-corrected chi connectivity index (χ1v) is 13.8. The fraction of sp³-hybridized carbons (Fsp3) is 0.419. The third-order valence-corrected chi connectivity index (χ3v) is 7.51. The second kappa shape index (κ2) is 13.3. The van der Waals surface area contributed by atoms with Crippen molar-refractivity contribution in [3.05, 3.63) is 65.7 Å². The number of nitrogens with zero attached hydrogens (tertiary/aromatic N) is 5. The van der Waals surface area contributed by atoms with Gasteiger partial charge < -0.3 is 24.2 Å². The van der Waals surface area contributed by atoms with Crippen LogP contribution in [0.15, 0.2) is 54.6 Å². The lowest BCUT2D eigenvalue weighted by Gasteiger charge is -2.36. The van der Waals surface area contributed by atoms with Gasteiger partial charge in [-0.1, -0.05) is 38.5 Å². The number of amides is 2. The molecule has 9 heteroatoms. The zero-order valence-electron chi connectivity index (χ0n) is 24.1. The van der Waals surface area contributed by atoms with Crippen molar-refractivity contribution in [2.75, 3.05) is 58.4 Å². The number of aryl methyl sites for hydroxylation is 1. The molecule has 3 aromatic rings. The monoisotopic (exact) mass is 545 g/mol. The lowest BCUT2D eigenvalue weighted by Crippen LogP contribution is -2.52. The van der Waals surface area contributed by atoms with E-state index in [0.717, 1.165) is 23.4 Å². The van der Waals surface area contributed by atoms with Crippen LogP contribution in [0.25, 0.3) is 11.3 Å². The topological polar surface area (TPSA) is 88.1 Å². The predicted octanol–water partition coefficient (Wildman–Crippen LogP) is 4.31. The fourth-order valence-corrected chi connectivity index (χ4v) is 4.80. The normalized spacial score (nSPS) is 14.0. The number of aromatic nitrogens is 2. The summed E-state index contributed by atoms with van der Waals surface area (Å²) in [6.45, 7) is 9.17. The molecule has 0 bridgehead atoms. The minimum absolute atomic E-state index is 0.0297. The Hall–Kier alpha value is -4.14. The molecule has 1 atom stereocenters. The van der Waals surface area contributed by atoms with Crippen LogP contribution >= 0.6 is 0 Å². The number of anilines is 1. The number of carbonyl (C=O) groups is 2. The summed E-state index contributed by atoms with van der Waals surface area (Å²) in [7, 11) is 3.23. The van der Waals surface area contributed by atoms with E-state index in [9.17, 15) is 9.59 Å². The zero-order valence-corrected chi connectivity index (χ0v) is 24.1. The van der Waals surface area contributed by atoms with Crippen molar-refractivity contribution in [1.29, 1.82) is 0 Å². The quantitative estimate of drug-likeness (QED) is 0.375. The molecule has 1 aliphatic heterocycles. The molecule has 0 radical (unpaired) electrons. The molecule has 2 aromatic carbocycles. The van der Waals surface area contributed by atoms with E-state index in [0.29, 0.717) is 61.4 Å². The Morgan fingerprint density at radius 2 is 1.73 bits per heavy atom. The molecule has 212 valence electrons. The Morgan fingerprint density at radius 1 is 0.975 bits per heavy atom. The van der Waals surface area contributed by atoms with Crippen LogP contribution in [0.2, 0.25) is 0 Å². The lowest BCUT2D eigenvalue weighted by atomic mass is 10.1. The van der Waals surface area contributed by atoms with Gasteiger partial charge in [0, 0.05) is 49.9 Å². The molecule has 1 aliphatic rings. The van der Waals surface area contributed by atoms with Gasteiger partial charge in [-0.05, 0) is 48.7 Å². The van der Waals surface area contributed by atoms with Gasteiger partial charge in [0.25, 0.3) is 5.91 Å². The number of carbonyl (C=O) groups excluding carboxylic acids is 2. The predicted molar refractivity (Wildman–Crippen MR) is 156 cm³/mol. The number of methoxy groups -OCH3 is 2. The van der Waals surface area contributed by atoms with Gasteiger partial charge >= 0.3 is 0 Å². The minimum atomic E-state index is -0.0887. The third-order valence-electron chi connectivity index (χ3n) is 7.51. The van der Waals surface area contributed by atoms with Gasteiger partial charge in [0.1, 0.15) is 18.0 Å². The highest BCUT2D eigenvalue weighted by Crippen LogP contribution is 2.32. The van der Waals surface area contributed by atoms with E-state index < -0.39 is 0 Å². The minimum Gasteiger partial charge on any atom is -0.497 e. The first-order valence-electron chi connectivity index (χ1n) is 13.8. The van der Waals surface area contributed by atoms with Crippen LogP contribution in [-0.2, 0) is 4.79 Å². The van der Waals surface area contributed by atoms with E-state index in [1.807, 2.05) is 66.4 Å². The van der Waals surface area contributed by atoms with Crippen molar-refractivity contribution in [2.24, 2.45) is 5.92 Å². The third kappa shape index (κ3) is 6.70. The van der Waals surface area contributed by atoms with E-state index >= 15 is 0 Å². The molecular weight excluding hydrogens is 506 g/mol. The number of piperazine rings is 1. The fourth-order valence-electron chi connectivity index (χ4n) is 4.80. The van der Waals surface area contributed by atoms with Gasteiger partial charge in [0.15, 0.2) is 5.82 Å². The van der Waals surface area contributed by atoms with Crippen molar-refractivity contribution < 1.29 is 19.1 Å². The first-order chi connectivity index (χ1) is 19.3. The molecule has 2 amide bonds. The van der Waals surface area contributed by atoms with Crippen LogP contribution in [0.3, 0.4) is 0 Å². The van der Waals surface area contributed by atoms with Gasteiger partial charge in [0.2, 0.25) is 5.91 Å². The molecule has 9 nitrogen and oxygen atoms in total. The van der Waals surface area contributed by atoms with Gasteiger partial charge in [-0.3, -0.25) is 9.59 Å². The standard InChI is InChI=1S/C31H39N5O4/c1-6-22(2)20-36(31(38)25-10-8-7-9-23(25)3)21-30(37)35-17-15-34(16-18-35)29-14-13-27(32-33-29)26-12-11-24(39-4)19-28(26)40-5/h7-14,19,22H,6,15-18,20-21H2,1-5H3. The molecule has 1 aromatic heterocycles. The molecule has 2 heterocycles. The van der Waals surface area contributed by atoms with Crippen molar-refractivity contribution in [1.82, 2.24) is 20.0 Å². The molecular formula is C31H39N5O4. The van der Waals surface area contributed by atoms with E-state index in [4.69, 9.17) is 9.47 Å². The lowest BCUT2D eigenvalue weighted by molar-refractivity contribution is -0.132. The average Bonchev–Trinajstić information content (AvgIpc) is 3.00. The van der Waals surface area contributed by atoms with E-state index in [-0.39, 0.29) is 18.4 Å². The summed E-state index contributed by atoms with van der Waals surface area (Å²) in [6, 6.07) is 17.0. The number of rotatable bonds is 10. The number of hydrogen-bond acceptors (Lipinski definition) is 7. The maximum absolute atomic E-state index is 13.4. The summed E-state index contributed by atoms with van der Waals surface area (Å²) >= 11 is 0. The van der Waals surface area contributed by atoms with Crippen LogP contribution in [0, 0.1) is 12.8 Å². The highest BCUT2D eigenvalue weighted by atomic mass is 16.5. The van der Waals surface area contributed by atoms with Crippen molar-refractivity contribution in [3.8, 4) is 22.8 Å². The van der Waals surface area contributed by atoms with Crippen molar-refractivity contribution in [2.45, 2.75) is 27.2 Å². The van der Waals surface area contributed by atoms with Gasteiger partial charge in [-0.15, -0.1) is 10.2 Å². The molecule has 40 heavy (non-hydrogen) atoms. The Labute approximate surface area is 236 Å². The largest absolute Gasteiger partial charge is 0.497 e. The highest BCUT2D eigenvalue weighted by Gasteiger charge is 2.27. The number of ether oxygens (including phenoxy) is 2. The second-order valence-corrected chi connectivity index (χ2v) is 10.2. The second-order valence-electron chi connectivity index (χ2n) is 10.2. The van der Waals surface area contributed by atoms with E-state index in [1.165, 1.54) is 0 Å². The molecule has 1 saturated heterocycles. The van der Waals surface area contributed by atoms with Crippen LogP contribution in [-0.4, -0.2) is 85.3 Å². The average molecular weight is 546 g/mol. The van der Waals surface area contributed by atoms with Gasteiger partial charge in [-0.25, -0.2) is 0 Å². The maximum Gasteiger partial charge on any atom is 0.254 e. The van der Waals surface area contributed by atoms with Crippen LogP contribution in [0.4, 0.5) is 5.82 Å². The summed E-state index contributed by atoms with van der Waals surface area (Å²) in [6.07, 6.45) is 0.940. The van der Waals surface area contributed by atoms with Crippen LogP contribution in [0.5, 0.6) is 11.5 Å².